The number of hydrogen-bond acceptors (Lipinski definition) is 7. The van der Waals surface area contributed by atoms with Crippen molar-refractivity contribution in [2.24, 2.45) is 5.92 Å². The first kappa shape index (κ1) is 32.5. The largest absolute Gasteiger partial charge is 0.357 e. The van der Waals surface area contributed by atoms with Gasteiger partial charge in [-0.15, -0.1) is 0 Å². The van der Waals surface area contributed by atoms with Crippen LogP contribution in [0, 0.1) is 5.92 Å². The van der Waals surface area contributed by atoms with Crippen LogP contribution in [0.1, 0.15) is 66.3 Å². The molecule has 224 valence electrons. The third kappa shape index (κ3) is 8.75. The van der Waals surface area contributed by atoms with Crippen LogP contribution in [0.25, 0.3) is 0 Å². The van der Waals surface area contributed by atoms with Gasteiger partial charge in [-0.25, -0.2) is 0 Å². The average molecular weight is 595 g/mol. The van der Waals surface area contributed by atoms with E-state index in [1.165, 1.54) is 14.0 Å². The Morgan fingerprint density at radius 2 is 1.38 bits per heavy atom. The lowest BCUT2D eigenvalue weighted by molar-refractivity contribution is -0.132. The second kappa shape index (κ2) is 15.3. The Kier molecular flexibility index (Phi) is 11.8. The van der Waals surface area contributed by atoms with Crippen LogP contribution in [0.4, 0.5) is 0 Å². The van der Waals surface area contributed by atoms with E-state index in [9.17, 15) is 28.8 Å². The molecule has 10 nitrogen and oxygen atoms in total. The van der Waals surface area contributed by atoms with Gasteiger partial charge in [-0.3, -0.25) is 33.7 Å². The fourth-order valence-electron chi connectivity index (χ4n) is 4.79. The molecule has 42 heavy (non-hydrogen) atoms. The Bertz CT molecular complexity index is 1280. The predicted octanol–water partition coefficient (Wildman–Crippen LogP) is 2.72. The molecule has 0 aliphatic carbocycles. The van der Waals surface area contributed by atoms with Crippen molar-refractivity contribution in [3.63, 3.8) is 0 Å². The van der Waals surface area contributed by atoms with Crippen LogP contribution in [-0.2, 0) is 25.6 Å². The summed E-state index contributed by atoms with van der Waals surface area (Å²) in [7, 11) is 1.49. The highest BCUT2D eigenvalue weighted by atomic mass is 32.2. The minimum Gasteiger partial charge on any atom is -0.357 e. The SMILES string of the molecule is CNC(=O)[C@H](Cc1ccccc1)NC(=O)[C@H](CC(C)C)NC(=O)C(CCCN1C(=O)c2ccccc2C1=O)SC(C)=O. The number of thioether (sulfide) groups is 1. The van der Waals surface area contributed by atoms with Crippen LogP contribution >= 0.6 is 11.8 Å². The summed E-state index contributed by atoms with van der Waals surface area (Å²) in [6.45, 7) is 5.27. The third-order valence-electron chi connectivity index (χ3n) is 6.83. The predicted molar refractivity (Wildman–Crippen MR) is 161 cm³/mol. The van der Waals surface area contributed by atoms with Crippen molar-refractivity contribution in [2.75, 3.05) is 13.6 Å². The Morgan fingerprint density at radius 3 is 1.93 bits per heavy atom. The summed E-state index contributed by atoms with van der Waals surface area (Å²) < 4.78 is 0. The molecule has 3 atom stereocenters. The Labute approximate surface area is 250 Å². The van der Waals surface area contributed by atoms with Crippen molar-refractivity contribution in [3.8, 4) is 0 Å². The second-order valence-electron chi connectivity index (χ2n) is 10.6. The number of nitrogens with zero attached hydrogens (tertiary/aromatic N) is 1. The van der Waals surface area contributed by atoms with Crippen molar-refractivity contribution in [1.82, 2.24) is 20.9 Å². The molecule has 0 radical (unpaired) electrons. The van der Waals surface area contributed by atoms with E-state index in [-0.39, 0.29) is 48.1 Å². The van der Waals surface area contributed by atoms with Gasteiger partial charge < -0.3 is 16.0 Å². The molecule has 0 bridgehead atoms. The van der Waals surface area contributed by atoms with E-state index in [0.29, 0.717) is 24.0 Å². The van der Waals surface area contributed by atoms with Crippen molar-refractivity contribution in [3.05, 3.63) is 71.3 Å². The summed E-state index contributed by atoms with van der Waals surface area (Å²) in [6, 6.07) is 14.1. The van der Waals surface area contributed by atoms with E-state index < -0.39 is 29.1 Å². The molecule has 0 saturated heterocycles. The zero-order valence-electron chi connectivity index (χ0n) is 24.3. The lowest BCUT2D eigenvalue weighted by Gasteiger charge is -2.25. The van der Waals surface area contributed by atoms with Gasteiger partial charge >= 0.3 is 0 Å². The fraction of sp³-hybridized carbons (Fsp3) is 0.419. The van der Waals surface area contributed by atoms with E-state index >= 15 is 0 Å². The number of carbonyl (C=O) groups excluding carboxylic acids is 6. The molecule has 1 aliphatic rings. The highest BCUT2D eigenvalue weighted by Crippen LogP contribution is 2.24. The van der Waals surface area contributed by atoms with Gasteiger partial charge in [-0.05, 0) is 42.9 Å². The maximum Gasteiger partial charge on any atom is 0.261 e. The highest BCUT2D eigenvalue weighted by Gasteiger charge is 2.35. The number of amides is 5. The van der Waals surface area contributed by atoms with Gasteiger partial charge in [0.2, 0.25) is 17.7 Å². The molecule has 0 fully saturated rings. The summed E-state index contributed by atoms with van der Waals surface area (Å²) in [5.41, 5.74) is 1.56. The van der Waals surface area contributed by atoms with Crippen LogP contribution in [0.15, 0.2) is 54.6 Å². The molecule has 1 heterocycles. The molecule has 3 rings (SSSR count). The Balaban J connectivity index is 1.67. The van der Waals surface area contributed by atoms with Crippen LogP contribution < -0.4 is 16.0 Å². The molecule has 2 aromatic rings. The molecular formula is C31H38N4O6S. The van der Waals surface area contributed by atoms with Gasteiger partial charge in [-0.1, -0.05) is 68.1 Å². The van der Waals surface area contributed by atoms with Crippen molar-refractivity contribution in [2.45, 2.75) is 63.8 Å². The summed E-state index contributed by atoms with van der Waals surface area (Å²) in [4.78, 5) is 77.9. The summed E-state index contributed by atoms with van der Waals surface area (Å²) in [6.07, 6.45) is 1.08. The van der Waals surface area contributed by atoms with E-state index in [0.717, 1.165) is 22.2 Å². The van der Waals surface area contributed by atoms with Gasteiger partial charge in [0.05, 0.1) is 16.4 Å². The van der Waals surface area contributed by atoms with Crippen LogP contribution in [-0.4, -0.2) is 70.5 Å². The minimum atomic E-state index is -0.938. The van der Waals surface area contributed by atoms with Gasteiger partial charge in [0.1, 0.15) is 12.1 Å². The van der Waals surface area contributed by atoms with Gasteiger partial charge in [0.15, 0.2) is 5.12 Å². The molecule has 2 aromatic carbocycles. The van der Waals surface area contributed by atoms with E-state index in [2.05, 4.69) is 16.0 Å². The summed E-state index contributed by atoms with van der Waals surface area (Å²) in [5.74, 6) is -2.09. The van der Waals surface area contributed by atoms with E-state index in [4.69, 9.17) is 0 Å². The Hall–Kier alpha value is -3.99. The zero-order chi connectivity index (χ0) is 30.8. The monoisotopic (exact) mass is 594 g/mol. The second-order valence-corrected chi connectivity index (χ2v) is 12.0. The van der Waals surface area contributed by atoms with Crippen LogP contribution in [0.3, 0.4) is 0 Å². The van der Waals surface area contributed by atoms with Gasteiger partial charge in [-0.2, -0.15) is 0 Å². The molecule has 3 N–H and O–H groups in total. The highest BCUT2D eigenvalue weighted by molar-refractivity contribution is 8.14. The molecule has 1 unspecified atom stereocenters. The molecule has 0 spiro atoms. The quantitative estimate of drug-likeness (QED) is 0.286. The smallest absolute Gasteiger partial charge is 0.261 e. The molecule has 0 aromatic heterocycles. The maximum atomic E-state index is 13.4. The molecule has 11 heteroatoms. The maximum absolute atomic E-state index is 13.4. The lowest BCUT2D eigenvalue weighted by atomic mass is 10.0. The first-order valence-corrected chi connectivity index (χ1v) is 14.9. The lowest BCUT2D eigenvalue weighted by Crippen LogP contribution is -2.55. The first-order valence-electron chi connectivity index (χ1n) is 14.0. The number of imide groups is 1. The first-order chi connectivity index (χ1) is 20.0. The number of hydrogen-bond donors (Lipinski definition) is 3. The molecule has 0 saturated carbocycles. The number of carbonyl (C=O) groups is 6. The Morgan fingerprint density at radius 1 is 0.810 bits per heavy atom. The normalized spacial score (nSPS) is 14.6. The fourth-order valence-corrected chi connectivity index (χ4v) is 5.65. The topological polar surface area (TPSA) is 142 Å². The van der Waals surface area contributed by atoms with E-state index in [1.54, 1.807) is 24.3 Å². The number of likely N-dealkylation sites (N-methyl/N-ethyl adjacent to an activating group) is 1. The number of fused-ring (bicyclic) bond motifs is 1. The number of benzene rings is 2. The van der Waals surface area contributed by atoms with Crippen LogP contribution in [0.2, 0.25) is 0 Å². The average Bonchev–Trinajstić information content (AvgIpc) is 3.20. The van der Waals surface area contributed by atoms with Crippen molar-refractivity contribution < 1.29 is 28.8 Å². The molecular weight excluding hydrogens is 556 g/mol. The third-order valence-corrected chi connectivity index (χ3v) is 7.90. The summed E-state index contributed by atoms with van der Waals surface area (Å²) >= 11 is 0.841. The van der Waals surface area contributed by atoms with Crippen LogP contribution in [0.5, 0.6) is 0 Å². The number of rotatable bonds is 14. The summed E-state index contributed by atoms with van der Waals surface area (Å²) in [5, 5.41) is 7.04. The van der Waals surface area contributed by atoms with Gasteiger partial charge in [0.25, 0.3) is 11.8 Å². The number of nitrogens with one attached hydrogen (secondary N) is 3. The minimum absolute atomic E-state index is 0.0429. The standard InChI is InChI=1S/C31H38N4O6S/c1-19(2)17-24(28(38)33-25(27(37)32-4)18-21-11-6-5-7-12-21)34-29(39)26(42-20(3)36)15-10-16-35-30(40)22-13-8-9-14-23(22)31(35)41/h5-9,11-14,19,24-26H,10,15-18H2,1-4H3,(H,32,37)(H,33,38)(H,34,39)/t24-,25-,26?/m0/s1. The molecule has 5 amide bonds. The van der Waals surface area contributed by atoms with E-state index in [1.807, 2.05) is 44.2 Å². The van der Waals surface area contributed by atoms with Gasteiger partial charge in [0, 0.05) is 26.9 Å². The van der Waals surface area contributed by atoms with Crippen molar-refractivity contribution in [1.29, 1.82) is 0 Å². The molecule has 1 aliphatic heterocycles. The van der Waals surface area contributed by atoms with Crippen molar-refractivity contribution >= 4 is 46.4 Å². The zero-order valence-corrected chi connectivity index (χ0v) is 25.2.